The van der Waals surface area contributed by atoms with E-state index in [4.69, 9.17) is 5.73 Å². The van der Waals surface area contributed by atoms with E-state index in [1.54, 1.807) is 0 Å². The molecule has 1 aromatic rings. The summed E-state index contributed by atoms with van der Waals surface area (Å²) in [6.45, 7) is 1.85. The molecule has 3 heteroatoms. The van der Waals surface area contributed by atoms with Crippen molar-refractivity contribution in [2.45, 2.75) is 70.3 Å². The van der Waals surface area contributed by atoms with Crippen LogP contribution in [0.3, 0.4) is 0 Å². The zero-order chi connectivity index (χ0) is 17.4. The molecule has 0 amide bonds. The molecular formula is C21H33NO2. The van der Waals surface area contributed by atoms with E-state index >= 15 is 0 Å². The lowest BCUT2D eigenvalue weighted by Gasteiger charge is -2.25. The average molecular weight is 332 g/mol. The Hall–Kier alpha value is -1.16. The first-order valence-corrected chi connectivity index (χ1v) is 9.43. The largest absolute Gasteiger partial charge is 0.394 e. The highest BCUT2D eigenvalue weighted by Crippen LogP contribution is 2.33. The number of hydrogen-bond acceptors (Lipinski definition) is 3. The summed E-state index contributed by atoms with van der Waals surface area (Å²) in [6, 6.07) is 6.73. The molecule has 3 nitrogen and oxygen atoms in total. The first kappa shape index (κ1) is 19.2. The molecule has 1 aliphatic carbocycles. The molecule has 0 bridgehead atoms. The van der Waals surface area contributed by atoms with Crippen LogP contribution in [0.4, 0.5) is 0 Å². The maximum atomic E-state index is 9.40. The standard InChI is InChI=1S/C21H33NO2/c1-2-3-4-5-6-7-8-17-9-12-20-18(13-17)10-11-19(20)14-21(22,15-23)16-24/h9,11-13,23-24H,2-8,10,14-16,22H2,1H3. The number of hydrogen-bond donors (Lipinski definition) is 3. The Balaban J connectivity index is 1.87. The molecule has 0 fully saturated rings. The Kier molecular flexibility index (Phi) is 7.47. The Labute approximate surface area is 146 Å². The summed E-state index contributed by atoms with van der Waals surface area (Å²) in [6.07, 6.45) is 12.8. The highest BCUT2D eigenvalue weighted by atomic mass is 16.3. The van der Waals surface area contributed by atoms with Crippen molar-refractivity contribution in [3.05, 3.63) is 41.0 Å². The minimum absolute atomic E-state index is 0.202. The van der Waals surface area contributed by atoms with Gasteiger partial charge in [-0.2, -0.15) is 0 Å². The van der Waals surface area contributed by atoms with Crippen molar-refractivity contribution in [1.82, 2.24) is 0 Å². The maximum Gasteiger partial charge on any atom is 0.0664 e. The lowest BCUT2D eigenvalue weighted by atomic mass is 9.90. The fourth-order valence-electron chi connectivity index (χ4n) is 3.45. The molecular weight excluding hydrogens is 298 g/mol. The van der Waals surface area contributed by atoms with Crippen molar-refractivity contribution in [3.8, 4) is 0 Å². The Morgan fingerprint density at radius 1 is 1.04 bits per heavy atom. The molecule has 134 valence electrons. The minimum Gasteiger partial charge on any atom is -0.394 e. The van der Waals surface area contributed by atoms with Gasteiger partial charge in [0.25, 0.3) is 0 Å². The number of benzene rings is 1. The quantitative estimate of drug-likeness (QED) is 0.543. The zero-order valence-electron chi connectivity index (χ0n) is 15.1. The summed E-state index contributed by atoms with van der Waals surface area (Å²) < 4.78 is 0. The van der Waals surface area contributed by atoms with Gasteiger partial charge in [0.15, 0.2) is 0 Å². The van der Waals surface area contributed by atoms with Gasteiger partial charge < -0.3 is 15.9 Å². The number of rotatable bonds is 11. The number of aryl methyl sites for hydroxylation is 1. The van der Waals surface area contributed by atoms with Crippen LogP contribution in [0.15, 0.2) is 24.3 Å². The van der Waals surface area contributed by atoms with Gasteiger partial charge >= 0.3 is 0 Å². The first-order valence-electron chi connectivity index (χ1n) is 9.43. The van der Waals surface area contributed by atoms with Crippen LogP contribution in [-0.2, 0) is 12.8 Å². The van der Waals surface area contributed by atoms with Gasteiger partial charge in [-0.1, -0.05) is 63.3 Å². The van der Waals surface area contributed by atoms with Gasteiger partial charge in [-0.3, -0.25) is 0 Å². The van der Waals surface area contributed by atoms with Crippen molar-refractivity contribution in [2.75, 3.05) is 13.2 Å². The van der Waals surface area contributed by atoms with E-state index in [2.05, 4.69) is 31.2 Å². The molecule has 0 spiro atoms. The molecule has 0 radical (unpaired) electrons. The third-order valence-electron chi connectivity index (χ3n) is 5.08. The SMILES string of the molecule is CCCCCCCCc1ccc2c(c1)CC=C2CC(N)(CO)CO. The Bertz CT molecular complexity index is 547. The van der Waals surface area contributed by atoms with Gasteiger partial charge in [-0.05, 0) is 47.9 Å². The third kappa shape index (κ3) is 5.17. The zero-order valence-corrected chi connectivity index (χ0v) is 15.1. The predicted molar refractivity (Wildman–Crippen MR) is 101 cm³/mol. The van der Waals surface area contributed by atoms with Crippen LogP contribution in [0.1, 0.15) is 68.6 Å². The summed E-state index contributed by atoms with van der Waals surface area (Å²) in [7, 11) is 0. The van der Waals surface area contributed by atoms with Gasteiger partial charge in [-0.15, -0.1) is 0 Å². The normalized spacial score (nSPS) is 13.9. The number of aliphatic hydroxyl groups is 2. The van der Waals surface area contributed by atoms with E-state index in [0.717, 1.165) is 18.4 Å². The number of fused-ring (bicyclic) bond motifs is 1. The van der Waals surface area contributed by atoms with Crippen molar-refractivity contribution < 1.29 is 10.2 Å². The second-order valence-electron chi connectivity index (χ2n) is 7.30. The lowest BCUT2D eigenvalue weighted by molar-refractivity contribution is 0.124. The molecule has 0 aromatic heterocycles. The molecule has 0 aliphatic heterocycles. The van der Waals surface area contributed by atoms with Crippen molar-refractivity contribution >= 4 is 5.57 Å². The van der Waals surface area contributed by atoms with Crippen LogP contribution in [0.5, 0.6) is 0 Å². The van der Waals surface area contributed by atoms with E-state index in [1.807, 2.05) is 0 Å². The van der Waals surface area contributed by atoms with Crippen LogP contribution in [0.25, 0.3) is 5.57 Å². The molecule has 0 saturated heterocycles. The molecule has 0 atom stereocenters. The molecule has 2 rings (SSSR count). The summed E-state index contributed by atoms with van der Waals surface area (Å²) >= 11 is 0. The van der Waals surface area contributed by atoms with Crippen molar-refractivity contribution in [3.63, 3.8) is 0 Å². The van der Waals surface area contributed by atoms with Gasteiger partial charge in [-0.25, -0.2) is 0 Å². The molecule has 1 aromatic carbocycles. The van der Waals surface area contributed by atoms with Crippen LogP contribution >= 0.6 is 0 Å². The fraction of sp³-hybridized carbons (Fsp3) is 0.619. The molecule has 4 N–H and O–H groups in total. The van der Waals surface area contributed by atoms with E-state index in [-0.39, 0.29) is 13.2 Å². The topological polar surface area (TPSA) is 66.5 Å². The molecule has 0 saturated carbocycles. The fourth-order valence-corrected chi connectivity index (χ4v) is 3.45. The van der Waals surface area contributed by atoms with E-state index in [0.29, 0.717) is 6.42 Å². The number of unbranched alkanes of at least 4 members (excludes halogenated alkanes) is 5. The van der Waals surface area contributed by atoms with E-state index < -0.39 is 5.54 Å². The lowest BCUT2D eigenvalue weighted by Crippen LogP contribution is -2.47. The minimum atomic E-state index is -0.926. The highest BCUT2D eigenvalue weighted by Gasteiger charge is 2.27. The smallest absolute Gasteiger partial charge is 0.0664 e. The number of allylic oxidation sites excluding steroid dienone is 1. The summed E-state index contributed by atoms with van der Waals surface area (Å²) in [5.41, 5.74) is 10.3. The predicted octanol–water partition coefficient (Wildman–Crippen LogP) is 3.60. The molecule has 0 unspecified atom stereocenters. The summed E-state index contributed by atoms with van der Waals surface area (Å²) in [5.74, 6) is 0. The Morgan fingerprint density at radius 3 is 2.46 bits per heavy atom. The summed E-state index contributed by atoms with van der Waals surface area (Å²) in [5, 5.41) is 18.8. The van der Waals surface area contributed by atoms with Gasteiger partial charge in [0.2, 0.25) is 0 Å². The van der Waals surface area contributed by atoms with E-state index in [1.165, 1.54) is 55.2 Å². The van der Waals surface area contributed by atoms with Crippen molar-refractivity contribution in [1.29, 1.82) is 0 Å². The molecule has 1 aliphatic rings. The van der Waals surface area contributed by atoms with Crippen LogP contribution < -0.4 is 5.73 Å². The van der Waals surface area contributed by atoms with Gasteiger partial charge in [0, 0.05) is 0 Å². The maximum absolute atomic E-state index is 9.40. The van der Waals surface area contributed by atoms with Crippen molar-refractivity contribution in [2.24, 2.45) is 5.73 Å². The number of nitrogens with two attached hydrogens (primary N) is 1. The third-order valence-corrected chi connectivity index (χ3v) is 5.08. The summed E-state index contributed by atoms with van der Waals surface area (Å²) in [4.78, 5) is 0. The second-order valence-corrected chi connectivity index (χ2v) is 7.30. The van der Waals surface area contributed by atoms with E-state index in [9.17, 15) is 10.2 Å². The van der Waals surface area contributed by atoms with Crippen LogP contribution in [0, 0.1) is 0 Å². The molecule has 0 heterocycles. The highest BCUT2D eigenvalue weighted by molar-refractivity contribution is 5.74. The molecule has 24 heavy (non-hydrogen) atoms. The van der Waals surface area contributed by atoms with Gasteiger partial charge in [0.1, 0.15) is 0 Å². The number of aliphatic hydroxyl groups excluding tert-OH is 2. The monoisotopic (exact) mass is 331 g/mol. The first-order chi connectivity index (χ1) is 11.6. The van der Waals surface area contributed by atoms with Crippen LogP contribution in [-0.4, -0.2) is 29.0 Å². The van der Waals surface area contributed by atoms with Gasteiger partial charge in [0.05, 0.1) is 18.8 Å². The van der Waals surface area contributed by atoms with Crippen LogP contribution in [0.2, 0.25) is 0 Å². The Morgan fingerprint density at radius 2 is 1.75 bits per heavy atom. The second kappa shape index (κ2) is 9.36. The average Bonchev–Trinajstić information content (AvgIpc) is 3.00.